The molecule has 0 aromatic heterocycles. The lowest BCUT2D eigenvalue weighted by Crippen LogP contribution is -2.39. The molecule has 0 radical (unpaired) electrons. The predicted octanol–water partition coefficient (Wildman–Crippen LogP) is 2.77. The topological polar surface area (TPSA) is 29.3 Å². The Morgan fingerprint density at radius 3 is 2.76 bits per heavy atom. The van der Waals surface area contributed by atoms with Gasteiger partial charge in [-0.05, 0) is 43.4 Å². The molecule has 1 heterocycles. The summed E-state index contributed by atoms with van der Waals surface area (Å²) >= 11 is 0. The molecule has 2 atom stereocenters. The van der Waals surface area contributed by atoms with Crippen LogP contribution in [-0.4, -0.2) is 17.5 Å². The third kappa shape index (κ3) is 3.30. The standard InChI is InChI=1S/C15H24N2/c1-12-6-7-17(13(2)8-12)11-15-5-3-4-14(9-15)10-16/h3-5,9,12-13H,6-8,10-11,16H2,1-2H3. The first-order chi connectivity index (χ1) is 8.19. The van der Waals surface area contributed by atoms with Gasteiger partial charge in [-0.1, -0.05) is 31.2 Å². The molecule has 2 N–H and O–H groups in total. The Balaban J connectivity index is 2.00. The van der Waals surface area contributed by atoms with E-state index in [9.17, 15) is 0 Å². The van der Waals surface area contributed by atoms with Crippen LogP contribution in [0, 0.1) is 5.92 Å². The maximum atomic E-state index is 5.68. The van der Waals surface area contributed by atoms with Crippen LogP contribution in [0.2, 0.25) is 0 Å². The highest BCUT2D eigenvalue weighted by atomic mass is 15.2. The van der Waals surface area contributed by atoms with Crippen molar-refractivity contribution in [1.82, 2.24) is 4.90 Å². The van der Waals surface area contributed by atoms with Crippen LogP contribution >= 0.6 is 0 Å². The summed E-state index contributed by atoms with van der Waals surface area (Å²) in [5.41, 5.74) is 8.32. The molecule has 94 valence electrons. The van der Waals surface area contributed by atoms with Crippen molar-refractivity contribution in [3.8, 4) is 0 Å². The van der Waals surface area contributed by atoms with Crippen molar-refractivity contribution >= 4 is 0 Å². The summed E-state index contributed by atoms with van der Waals surface area (Å²) in [6.07, 6.45) is 2.66. The lowest BCUT2D eigenvalue weighted by Gasteiger charge is -2.36. The highest BCUT2D eigenvalue weighted by Gasteiger charge is 2.22. The van der Waals surface area contributed by atoms with E-state index >= 15 is 0 Å². The molecule has 0 spiro atoms. The molecule has 1 fully saturated rings. The number of nitrogens with zero attached hydrogens (tertiary/aromatic N) is 1. The largest absolute Gasteiger partial charge is 0.326 e. The summed E-state index contributed by atoms with van der Waals surface area (Å²) < 4.78 is 0. The maximum absolute atomic E-state index is 5.68. The maximum Gasteiger partial charge on any atom is 0.0236 e. The van der Waals surface area contributed by atoms with E-state index in [1.807, 2.05) is 0 Å². The second-order valence-electron chi connectivity index (χ2n) is 5.47. The van der Waals surface area contributed by atoms with Crippen LogP contribution in [0.3, 0.4) is 0 Å². The fraction of sp³-hybridized carbons (Fsp3) is 0.600. The zero-order valence-electron chi connectivity index (χ0n) is 11.0. The SMILES string of the molecule is CC1CCN(Cc2cccc(CN)c2)C(C)C1. The van der Waals surface area contributed by atoms with Crippen LogP contribution in [0.15, 0.2) is 24.3 Å². The molecule has 1 saturated heterocycles. The monoisotopic (exact) mass is 232 g/mol. The molecule has 0 saturated carbocycles. The molecule has 1 aliphatic rings. The van der Waals surface area contributed by atoms with Gasteiger partial charge in [-0.3, -0.25) is 4.90 Å². The quantitative estimate of drug-likeness (QED) is 0.868. The number of hydrogen-bond acceptors (Lipinski definition) is 2. The first-order valence-electron chi connectivity index (χ1n) is 6.71. The Bertz CT molecular complexity index is 362. The third-order valence-corrected chi connectivity index (χ3v) is 3.89. The minimum absolute atomic E-state index is 0.639. The average Bonchev–Trinajstić information content (AvgIpc) is 2.33. The molecule has 2 rings (SSSR count). The Hall–Kier alpha value is -0.860. The van der Waals surface area contributed by atoms with Gasteiger partial charge in [0.1, 0.15) is 0 Å². The van der Waals surface area contributed by atoms with E-state index < -0.39 is 0 Å². The van der Waals surface area contributed by atoms with Crippen LogP contribution in [0.25, 0.3) is 0 Å². The molecule has 0 amide bonds. The number of rotatable bonds is 3. The van der Waals surface area contributed by atoms with Gasteiger partial charge in [0.05, 0.1) is 0 Å². The molecule has 2 heteroatoms. The number of benzene rings is 1. The van der Waals surface area contributed by atoms with Crippen molar-refractivity contribution in [2.45, 2.75) is 45.8 Å². The van der Waals surface area contributed by atoms with Gasteiger partial charge in [0, 0.05) is 19.1 Å². The van der Waals surface area contributed by atoms with Crippen LogP contribution in [0.4, 0.5) is 0 Å². The first kappa shape index (κ1) is 12.6. The summed E-state index contributed by atoms with van der Waals surface area (Å²) in [5, 5.41) is 0. The smallest absolute Gasteiger partial charge is 0.0236 e. The number of nitrogens with two attached hydrogens (primary N) is 1. The Morgan fingerprint density at radius 2 is 2.06 bits per heavy atom. The molecule has 0 aliphatic carbocycles. The fourth-order valence-corrected chi connectivity index (χ4v) is 2.78. The van der Waals surface area contributed by atoms with Crippen LogP contribution in [0.1, 0.15) is 37.8 Å². The first-order valence-corrected chi connectivity index (χ1v) is 6.71. The number of hydrogen-bond donors (Lipinski definition) is 1. The van der Waals surface area contributed by atoms with E-state index in [0.29, 0.717) is 12.6 Å². The Morgan fingerprint density at radius 1 is 1.29 bits per heavy atom. The minimum atomic E-state index is 0.639. The Kier molecular flexibility index (Phi) is 4.19. The number of likely N-dealkylation sites (tertiary alicyclic amines) is 1. The van der Waals surface area contributed by atoms with Crippen molar-refractivity contribution in [3.63, 3.8) is 0 Å². The van der Waals surface area contributed by atoms with Crippen LogP contribution in [0.5, 0.6) is 0 Å². The van der Waals surface area contributed by atoms with Gasteiger partial charge >= 0.3 is 0 Å². The van der Waals surface area contributed by atoms with E-state index in [2.05, 4.69) is 43.0 Å². The second-order valence-corrected chi connectivity index (χ2v) is 5.47. The average molecular weight is 232 g/mol. The molecule has 1 aromatic rings. The molecular formula is C15H24N2. The normalized spacial score (nSPS) is 26.1. The van der Waals surface area contributed by atoms with E-state index in [0.717, 1.165) is 12.5 Å². The van der Waals surface area contributed by atoms with Gasteiger partial charge in [0.15, 0.2) is 0 Å². The fourth-order valence-electron chi connectivity index (χ4n) is 2.78. The molecule has 1 aromatic carbocycles. The van der Waals surface area contributed by atoms with Gasteiger partial charge in [0.25, 0.3) is 0 Å². The molecule has 17 heavy (non-hydrogen) atoms. The summed E-state index contributed by atoms with van der Waals surface area (Å²) in [6, 6.07) is 9.38. The van der Waals surface area contributed by atoms with Crippen molar-refractivity contribution in [2.24, 2.45) is 11.7 Å². The highest BCUT2D eigenvalue weighted by Crippen LogP contribution is 2.23. The van der Waals surface area contributed by atoms with Crippen molar-refractivity contribution in [2.75, 3.05) is 6.54 Å². The summed E-state index contributed by atoms with van der Waals surface area (Å²) in [4.78, 5) is 2.59. The molecule has 1 aliphatic heterocycles. The van der Waals surface area contributed by atoms with E-state index in [1.165, 1.54) is 30.5 Å². The van der Waals surface area contributed by atoms with Gasteiger partial charge in [-0.2, -0.15) is 0 Å². The van der Waals surface area contributed by atoms with Crippen molar-refractivity contribution in [1.29, 1.82) is 0 Å². The van der Waals surface area contributed by atoms with Gasteiger partial charge < -0.3 is 5.73 Å². The number of piperidine rings is 1. The molecular weight excluding hydrogens is 208 g/mol. The minimum Gasteiger partial charge on any atom is -0.326 e. The predicted molar refractivity (Wildman–Crippen MR) is 72.6 cm³/mol. The zero-order valence-corrected chi connectivity index (χ0v) is 11.0. The van der Waals surface area contributed by atoms with E-state index in [1.54, 1.807) is 0 Å². The molecule has 2 unspecified atom stereocenters. The summed E-state index contributed by atoms with van der Waals surface area (Å²) in [5.74, 6) is 0.886. The van der Waals surface area contributed by atoms with Crippen molar-refractivity contribution in [3.05, 3.63) is 35.4 Å². The van der Waals surface area contributed by atoms with Gasteiger partial charge in [0.2, 0.25) is 0 Å². The molecule has 0 bridgehead atoms. The summed E-state index contributed by atoms with van der Waals surface area (Å²) in [6.45, 7) is 7.66. The lowest BCUT2D eigenvalue weighted by atomic mass is 9.93. The lowest BCUT2D eigenvalue weighted by molar-refractivity contribution is 0.122. The zero-order chi connectivity index (χ0) is 12.3. The van der Waals surface area contributed by atoms with Crippen molar-refractivity contribution < 1.29 is 0 Å². The second kappa shape index (κ2) is 5.65. The third-order valence-electron chi connectivity index (χ3n) is 3.89. The van der Waals surface area contributed by atoms with Gasteiger partial charge in [-0.15, -0.1) is 0 Å². The van der Waals surface area contributed by atoms with Crippen LogP contribution in [-0.2, 0) is 13.1 Å². The Labute approximate surface area is 105 Å². The van der Waals surface area contributed by atoms with Crippen LogP contribution < -0.4 is 5.73 Å². The van der Waals surface area contributed by atoms with E-state index in [4.69, 9.17) is 5.73 Å². The van der Waals surface area contributed by atoms with Gasteiger partial charge in [-0.25, -0.2) is 0 Å². The highest BCUT2D eigenvalue weighted by molar-refractivity contribution is 5.23. The summed E-state index contributed by atoms with van der Waals surface area (Å²) in [7, 11) is 0. The molecule has 2 nitrogen and oxygen atoms in total. The van der Waals surface area contributed by atoms with E-state index in [-0.39, 0.29) is 0 Å².